The van der Waals surface area contributed by atoms with E-state index in [0.717, 1.165) is 5.56 Å². The van der Waals surface area contributed by atoms with E-state index in [9.17, 15) is 4.79 Å². The third-order valence-electron chi connectivity index (χ3n) is 2.47. The van der Waals surface area contributed by atoms with Crippen molar-refractivity contribution in [1.29, 1.82) is 0 Å². The van der Waals surface area contributed by atoms with Crippen molar-refractivity contribution in [3.63, 3.8) is 0 Å². The molecule has 0 fully saturated rings. The van der Waals surface area contributed by atoms with E-state index in [4.69, 9.17) is 5.11 Å². The van der Waals surface area contributed by atoms with Crippen molar-refractivity contribution in [2.24, 2.45) is 0 Å². The summed E-state index contributed by atoms with van der Waals surface area (Å²) in [4.78, 5) is 11.7. The molecule has 0 aromatic heterocycles. The van der Waals surface area contributed by atoms with Crippen molar-refractivity contribution in [2.45, 2.75) is 19.8 Å². The van der Waals surface area contributed by atoms with Gasteiger partial charge in [-0.05, 0) is 11.5 Å². The van der Waals surface area contributed by atoms with Gasteiger partial charge in [0.2, 0.25) is 0 Å². The molecule has 1 rings (SSSR count). The number of aliphatic hydroxyl groups excluding tert-OH is 1. The van der Waals surface area contributed by atoms with Crippen LogP contribution in [0.3, 0.4) is 0 Å². The van der Waals surface area contributed by atoms with Gasteiger partial charge in [-0.25, -0.2) is 0 Å². The number of Topliss-reactive ketones (excluding diaryl/α,β-unsaturated/α-hetero) is 1. The smallest absolute Gasteiger partial charge is 0.176 e. The molecule has 88 valence electrons. The Morgan fingerprint density at radius 3 is 2.44 bits per heavy atom. The molecule has 0 spiro atoms. The van der Waals surface area contributed by atoms with Crippen LogP contribution in [0.1, 0.15) is 35.7 Å². The molecule has 0 amide bonds. The molecule has 0 saturated carbocycles. The second-order valence-electron chi connectivity index (χ2n) is 4.10. The fourth-order valence-electron chi connectivity index (χ4n) is 1.44. The Balaban J connectivity index is 2.56. The fraction of sp³-hybridized carbons (Fsp3) is 0.462. The van der Waals surface area contributed by atoms with E-state index >= 15 is 0 Å². The number of aliphatic hydroxyl groups is 1. The largest absolute Gasteiger partial charge is 0.395 e. The van der Waals surface area contributed by atoms with Gasteiger partial charge < -0.3 is 10.4 Å². The second kappa shape index (κ2) is 6.40. The predicted octanol–water partition coefficient (Wildman–Crippen LogP) is 1.57. The lowest BCUT2D eigenvalue weighted by Gasteiger charge is -2.06. The van der Waals surface area contributed by atoms with Gasteiger partial charge in [0.05, 0.1) is 13.2 Å². The van der Waals surface area contributed by atoms with Gasteiger partial charge in [0.15, 0.2) is 5.78 Å². The maximum atomic E-state index is 11.7. The van der Waals surface area contributed by atoms with Gasteiger partial charge in [-0.3, -0.25) is 4.79 Å². The van der Waals surface area contributed by atoms with E-state index in [2.05, 4.69) is 19.2 Å². The lowest BCUT2D eigenvalue weighted by molar-refractivity contribution is 0.0989. The molecule has 0 aliphatic heterocycles. The normalized spacial score (nSPS) is 10.8. The van der Waals surface area contributed by atoms with Crippen LogP contribution in [0.25, 0.3) is 0 Å². The van der Waals surface area contributed by atoms with Crippen molar-refractivity contribution in [3.05, 3.63) is 35.4 Å². The number of nitrogens with one attached hydrogen (secondary N) is 1. The van der Waals surface area contributed by atoms with E-state index in [0.29, 0.717) is 12.5 Å². The Bertz CT molecular complexity index is 330. The van der Waals surface area contributed by atoms with Gasteiger partial charge in [-0.1, -0.05) is 38.1 Å². The zero-order valence-corrected chi connectivity index (χ0v) is 9.86. The summed E-state index contributed by atoms with van der Waals surface area (Å²) in [6, 6.07) is 7.70. The monoisotopic (exact) mass is 221 g/mol. The van der Waals surface area contributed by atoms with Crippen LogP contribution in [0, 0.1) is 0 Å². The molecule has 0 radical (unpaired) electrons. The maximum absolute atomic E-state index is 11.7. The summed E-state index contributed by atoms with van der Waals surface area (Å²) in [6.45, 7) is 5.04. The van der Waals surface area contributed by atoms with Gasteiger partial charge in [-0.15, -0.1) is 0 Å². The van der Waals surface area contributed by atoms with Crippen molar-refractivity contribution >= 4 is 5.78 Å². The molecular weight excluding hydrogens is 202 g/mol. The van der Waals surface area contributed by atoms with Crippen molar-refractivity contribution in [2.75, 3.05) is 19.7 Å². The van der Waals surface area contributed by atoms with Crippen LogP contribution in [-0.2, 0) is 0 Å². The summed E-state index contributed by atoms with van der Waals surface area (Å²) in [5.74, 6) is 0.542. The van der Waals surface area contributed by atoms with Crippen molar-refractivity contribution < 1.29 is 9.90 Å². The van der Waals surface area contributed by atoms with Crippen LogP contribution in [0.5, 0.6) is 0 Å². The highest BCUT2D eigenvalue weighted by Crippen LogP contribution is 2.14. The van der Waals surface area contributed by atoms with Crippen LogP contribution in [-0.4, -0.2) is 30.6 Å². The first kappa shape index (κ1) is 12.9. The van der Waals surface area contributed by atoms with E-state index in [-0.39, 0.29) is 18.9 Å². The van der Waals surface area contributed by atoms with Crippen LogP contribution >= 0.6 is 0 Å². The summed E-state index contributed by atoms with van der Waals surface area (Å²) in [7, 11) is 0. The molecule has 0 heterocycles. The summed E-state index contributed by atoms with van der Waals surface area (Å²) in [5, 5.41) is 11.4. The molecule has 0 unspecified atom stereocenters. The van der Waals surface area contributed by atoms with Crippen LogP contribution in [0.4, 0.5) is 0 Å². The molecule has 1 aromatic carbocycles. The summed E-state index contributed by atoms with van der Waals surface area (Å²) < 4.78 is 0. The highest BCUT2D eigenvalue weighted by Gasteiger charge is 2.05. The highest BCUT2D eigenvalue weighted by molar-refractivity contribution is 5.97. The van der Waals surface area contributed by atoms with Gasteiger partial charge in [0, 0.05) is 12.1 Å². The average Bonchev–Trinajstić information content (AvgIpc) is 2.29. The molecular formula is C13H19NO2. The topological polar surface area (TPSA) is 49.3 Å². The zero-order chi connectivity index (χ0) is 12.0. The minimum atomic E-state index is 0.0551. The first-order valence-electron chi connectivity index (χ1n) is 5.60. The van der Waals surface area contributed by atoms with Crippen LogP contribution in [0.2, 0.25) is 0 Å². The van der Waals surface area contributed by atoms with E-state index in [1.54, 1.807) is 0 Å². The average molecular weight is 221 g/mol. The lowest BCUT2D eigenvalue weighted by Crippen LogP contribution is -2.25. The van der Waals surface area contributed by atoms with Gasteiger partial charge in [0.25, 0.3) is 0 Å². The number of hydrogen-bond acceptors (Lipinski definition) is 3. The molecule has 0 aliphatic carbocycles. The Labute approximate surface area is 96.5 Å². The van der Waals surface area contributed by atoms with Gasteiger partial charge in [0.1, 0.15) is 0 Å². The predicted molar refractivity (Wildman–Crippen MR) is 64.8 cm³/mol. The molecule has 16 heavy (non-hydrogen) atoms. The molecule has 0 aliphatic rings. The Morgan fingerprint density at radius 1 is 1.31 bits per heavy atom. The summed E-state index contributed by atoms with van der Waals surface area (Å²) >= 11 is 0. The Morgan fingerprint density at radius 2 is 1.94 bits per heavy atom. The number of benzene rings is 1. The molecule has 0 saturated heterocycles. The van der Waals surface area contributed by atoms with Crippen molar-refractivity contribution in [3.8, 4) is 0 Å². The van der Waals surface area contributed by atoms with Gasteiger partial charge in [-0.2, -0.15) is 0 Å². The standard InChI is InChI=1S/C13H19NO2/c1-10(2)11-3-5-12(6-4-11)13(16)9-14-7-8-15/h3-6,10,14-15H,7-9H2,1-2H3. The quantitative estimate of drug-likeness (QED) is 0.566. The zero-order valence-electron chi connectivity index (χ0n) is 9.86. The number of carbonyl (C=O) groups is 1. The SMILES string of the molecule is CC(C)c1ccc(C(=O)CNCCO)cc1. The van der Waals surface area contributed by atoms with E-state index < -0.39 is 0 Å². The Kier molecular flexibility index (Phi) is 5.15. The first-order chi connectivity index (χ1) is 7.65. The van der Waals surface area contributed by atoms with Crippen molar-refractivity contribution in [1.82, 2.24) is 5.32 Å². The first-order valence-corrected chi connectivity index (χ1v) is 5.60. The number of rotatable bonds is 6. The summed E-state index contributed by atoms with van der Waals surface area (Å²) in [5.41, 5.74) is 1.95. The summed E-state index contributed by atoms with van der Waals surface area (Å²) in [6.07, 6.45) is 0. The molecule has 3 heteroatoms. The Hall–Kier alpha value is -1.19. The molecule has 1 aromatic rings. The third-order valence-corrected chi connectivity index (χ3v) is 2.47. The fourth-order valence-corrected chi connectivity index (χ4v) is 1.44. The number of carbonyl (C=O) groups excluding carboxylic acids is 1. The number of hydrogen-bond donors (Lipinski definition) is 2. The van der Waals surface area contributed by atoms with E-state index in [1.807, 2.05) is 24.3 Å². The van der Waals surface area contributed by atoms with Gasteiger partial charge >= 0.3 is 0 Å². The minimum absolute atomic E-state index is 0.0551. The molecule has 0 bridgehead atoms. The molecule has 3 nitrogen and oxygen atoms in total. The second-order valence-corrected chi connectivity index (χ2v) is 4.10. The highest BCUT2D eigenvalue weighted by atomic mass is 16.3. The number of ketones is 1. The molecule has 0 atom stereocenters. The maximum Gasteiger partial charge on any atom is 0.176 e. The van der Waals surface area contributed by atoms with Crippen LogP contribution in [0.15, 0.2) is 24.3 Å². The lowest BCUT2D eigenvalue weighted by atomic mass is 10.0. The van der Waals surface area contributed by atoms with E-state index in [1.165, 1.54) is 5.56 Å². The minimum Gasteiger partial charge on any atom is -0.395 e. The molecule has 2 N–H and O–H groups in total. The van der Waals surface area contributed by atoms with Crippen LogP contribution < -0.4 is 5.32 Å². The third kappa shape index (κ3) is 3.76.